The Bertz CT molecular complexity index is 538. The van der Waals surface area contributed by atoms with Gasteiger partial charge in [0.2, 0.25) is 0 Å². The van der Waals surface area contributed by atoms with Crippen LogP contribution in [0.2, 0.25) is 0 Å². The van der Waals surface area contributed by atoms with Crippen molar-refractivity contribution in [1.82, 2.24) is 4.98 Å². The van der Waals surface area contributed by atoms with Gasteiger partial charge in [-0.05, 0) is 32.4 Å². The first-order valence-corrected chi connectivity index (χ1v) is 7.03. The summed E-state index contributed by atoms with van der Waals surface area (Å²) in [4.78, 5) is 6.70. The second-order valence-corrected chi connectivity index (χ2v) is 5.30. The summed E-state index contributed by atoms with van der Waals surface area (Å²) in [6.07, 6.45) is 1.26. The molecule has 2 aromatic rings. The Morgan fingerprint density at radius 2 is 1.75 bits per heavy atom. The molecule has 1 heterocycles. The first-order chi connectivity index (χ1) is 9.59. The van der Waals surface area contributed by atoms with E-state index in [4.69, 9.17) is 0 Å². The van der Waals surface area contributed by atoms with E-state index in [2.05, 4.69) is 35.9 Å². The molecule has 3 nitrogen and oxygen atoms in total. The zero-order valence-electron chi connectivity index (χ0n) is 12.3. The van der Waals surface area contributed by atoms with E-state index >= 15 is 0 Å². The van der Waals surface area contributed by atoms with Crippen molar-refractivity contribution in [2.45, 2.75) is 39.5 Å². The molecule has 20 heavy (non-hydrogen) atoms. The van der Waals surface area contributed by atoms with Crippen LogP contribution in [0.25, 0.3) is 0 Å². The van der Waals surface area contributed by atoms with Crippen LogP contribution < -0.4 is 4.90 Å². The van der Waals surface area contributed by atoms with Crippen molar-refractivity contribution in [3.8, 4) is 0 Å². The average Bonchev–Trinajstić information content (AvgIpc) is 2.45. The number of anilines is 1. The summed E-state index contributed by atoms with van der Waals surface area (Å²) in [5.41, 5.74) is 2.11. The highest BCUT2D eigenvalue weighted by atomic mass is 16.3. The second-order valence-electron chi connectivity index (χ2n) is 5.30. The molecule has 3 heteroatoms. The molecule has 1 aromatic carbocycles. The summed E-state index contributed by atoms with van der Waals surface area (Å²) in [6.45, 7) is 6.85. The number of rotatable bonds is 5. The molecule has 0 aliphatic rings. The van der Waals surface area contributed by atoms with Gasteiger partial charge in [0.25, 0.3) is 0 Å². The molecule has 0 bridgehead atoms. The Balaban J connectivity index is 2.34. The minimum atomic E-state index is -0.518. The van der Waals surface area contributed by atoms with Crippen molar-refractivity contribution in [1.29, 1.82) is 0 Å². The quantitative estimate of drug-likeness (QED) is 0.902. The van der Waals surface area contributed by atoms with E-state index in [-0.39, 0.29) is 0 Å². The predicted octanol–water partition coefficient (Wildman–Crippen LogP) is 3.55. The number of hydrogen-bond donors (Lipinski definition) is 1. The van der Waals surface area contributed by atoms with E-state index in [0.717, 1.165) is 17.9 Å². The number of nitrogens with zero attached hydrogens (tertiary/aromatic N) is 2. The lowest BCUT2D eigenvalue weighted by Crippen LogP contribution is -2.32. The standard InChI is InChI=1S/C17H22N2O/c1-13(2)19(12-15-8-5-4-6-9-15)17-16(14(3)20)10-7-11-18-17/h4-11,13-14,20H,12H2,1-3H3. The van der Waals surface area contributed by atoms with Gasteiger partial charge < -0.3 is 10.0 Å². The van der Waals surface area contributed by atoms with Crippen molar-refractivity contribution in [2.24, 2.45) is 0 Å². The highest BCUT2D eigenvalue weighted by Gasteiger charge is 2.18. The highest BCUT2D eigenvalue weighted by Crippen LogP contribution is 2.26. The van der Waals surface area contributed by atoms with Gasteiger partial charge in [0, 0.05) is 24.3 Å². The maximum absolute atomic E-state index is 9.93. The number of benzene rings is 1. The highest BCUT2D eigenvalue weighted by molar-refractivity contribution is 5.49. The van der Waals surface area contributed by atoms with Gasteiger partial charge in [-0.1, -0.05) is 36.4 Å². The first-order valence-electron chi connectivity index (χ1n) is 7.03. The van der Waals surface area contributed by atoms with Crippen LogP contribution in [-0.4, -0.2) is 16.1 Å². The van der Waals surface area contributed by atoms with Gasteiger partial charge in [0.05, 0.1) is 6.10 Å². The molecule has 0 aliphatic carbocycles. The van der Waals surface area contributed by atoms with Gasteiger partial charge in [-0.25, -0.2) is 4.98 Å². The van der Waals surface area contributed by atoms with E-state index < -0.39 is 6.10 Å². The van der Waals surface area contributed by atoms with Gasteiger partial charge in [0.15, 0.2) is 0 Å². The van der Waals surface area contributed by atoms with Crippen LogP contribution in [0.1, 0.15) is 38.0 Å². The summed E-state index contributed by atoms with van der Waals surface area (Å²) in [7, 11) is 0. The fourth-order valence-electron chi connectivity index (χ4n) is 2.26. The SMILES string of the molecule is CC(O)c1cccnc1N(Cc1ccccc1)C(C)C. The summed E-state index contributed by atoms with van der Waals surface area (Å²) < 4.78 is 0. The molecule has 1 aromatic heterocycles. The number of aliphatic hydroxyl groups excluding tert-OH is 1. The molecule has 1 unspecified atom stereocenters. The van der Waals surface area contributed by atoms with E-state index in [0.29, 0.717) is 6.04 Å². The molecule has 0 saturated carbocycles. The molecular weight excluding hydrogens is 248 g/mol. The lowest BCUT2D eigenvalue weighted by atomic mass is 10.1. The molecule has 0 fully saturated rings. The monoisotopic (exact) mass is 270 g/mol. The van der Waals surface area contributed by atoms with Gasteiger partial charge >= 0.3 is 0 Å². The van der Waals surface area contributed by atoms with Crippen molar-refractivity contribution in [2.75, 3.05) is 4.90 Å². The van der Waals surface area contributed by atoms with Crippen molar-refractivity contribution >= 4 is 5.82 Å². The summed E-state index contributed by atoms with van der Waals surface area (Å²) in [5.74, 6) is 0.862. The Hall–Kier alpha value is -1.87. The Morgan fingerprint density at radius 3 is 2.35 bits per heavy atom. The molecule has 0 radical (unpaired) electrons. The Morgan fingerprint density at radius 1 is 1.05 bits per heavy atom. The normalized spacial score (nSPS) is 12.4. The molecular formula is C17H22N2O. The number of aromatic nitrogens is 1. The van der Waals surface area contributed by atoms with Crippen LogP contribution in [0.3, 0.4) is 0 Å². The fourth-order valence-corrected chi connectivity index (χ4v) is 2.26. The summed E-state index contributed by atoms with van der Waals surface area (Å²) in [6, 6.07) is 14.4. The third-order valence-corrected chi connectivity index (χ3v) is 3.36. The summed E-state index contributed by atoms with van der Waals surface area (Å²) >= 11 is 0. The van der Waals surface area contributed by atoms with Crippen LogP contribution in [0.5, 0.6) is 0 Å². The predicted molar refractivity (Wildman–Crippen MR) is 82.6 cm³/mol. The van der Waals surface area contributed by atoms with Crippen molar-refractivity contribution in [3.63, 3.8) is 0 Å². The zero-order chi connectivity index (χ0) is 14.5. The van der Waals surface area contributed by atoms with Crippen molar-refractivity contribution < 1.29 is 5.11 Å². The fraction of sp³-hybridized carbons (Fsp3) is 0.353. The summed E-state index contributed by atoms with van der Waals surface area (Å²) in [5, 5.41) is 9.93. The lowest BCUT2D eigenvalue weighted by molar-refractivity contribution is 0.199. The van der Waals surface area contributed by atoms with Gasteiger partial charge in [-0.3, -0.25) is 0 Å². The maximum atomic E-state index is 9.93. The van der Waals surface area contributed by atoms with Crippen molar-refractivity contribution in [3.05, 3.63) is 59.8 Å². The molecule has 1 atom stereocenters. The average molecular weight is 270 g/mol. The van der Waals surface area contributed by atoms with E-state index in [1.807, 2.05) is 30.3 Å². The van der Waals surface area contributed by atoms with E-state index in [9.17, 15) is 5.11 Å². The maximum Gasteiger partial charge on any atom is 0.134 e. The van der Waals surface area contributed by atoms with Gasteiger partial charge in [-0.2, -0.15) is 0 Å². The van der Waals surface area contributed by atoms with E-state index in [1.54, 1.807) is 13.1 Å². The van der Waals surface area contributed by atoms with E-state index in [1.165, 1.54) is 5.56 Å². The van der Waals surface area contributed by atoms with Crippen LogP contribution >= 0.6 is 0 Å². The first kappa shape index (κ1) is 14.5. The molecule has 2 rings (SSSR count). The van der Waals surface area contributed by atoms with Gasteiger partial charge in [-0.15, -0.1) is 0 Å². The molecule has 1 N–H and O–H groups in total. The zero-order valence-corrected chi connectivity index (χ0v) is 12.3. The Kier molecular flexibility index (Phi) is 4.74. The lowest BCUT2D eigenvalue weighted by Gasteiger charge is -2.30. The van der Waals surface area contributed by atoms with Gasteiger partial charge in [0.1, 0.15) is 5.82 Å². The molecule has 0 amide bonds. The second kappa shape index (κ2) is 6.53. The number of aliphatic hydroxyl groups is 1. The molecule has 0 saturated heterocycles. The number of pyridine rings is 1. The molecule has 0 spiro atoms. The largest absolute Gasteiger partial charge is 0.389 e. The minimum Gasteiger partial charge on any atom is -0.389 e. The van der Waals surface area contributed by atoms with Crippen LogP contribution in [-0.2, 0) is 6.54 Å². The smallest absolute Gasteiger partial charge is 0.134 e. The Labute approximate surface area is 120 Å². The van der Waals surface area contributed by atoms with Crippen LogP contribution in [0.4, 0.5) is 5.82 Å². The minimum absolute atomic E-state index is 0.308. The topological polar surface area (TPSA) is 36.4 Å². The third-order valence-electron chi connectivity index (χ3n) is 3.36. The third kappa shape index (κ3) is 3.36. The molecule has 0 aliphatic heterocycles. The van der Waals surface area contributed by atoms with Crippen LogP contribution in [0.15, 0.2) is 48.7 Å². The number of hydrogen-bond acceptors (Lipinski definition) is 3. The van der Waals surface area contributed by atoms with Crippen LogP contribution in [0, 0.1) is 0 Å². The molecule has 106 valence electrons.